The van der Waals surface area contributed by atoms with E-state index in [0.29, 0.717) is 22.8 Å². The van der Waals surface area contributed by atoms with Gasteiger partial charge in [0, 0.05) is 17.7 Å². The number of methoxy groups -OCH3 is 1. The molecule has 1 atom stereocenters. The molecule has 0 aliphatic heterocycles. The number of nitrogens with one attached hydrogen (secondary N) is 1. The van der Waals surface area contributed by atoms with Crippen LogP contribution in [0.25, 0.3) is 11.1 Å². The zero-order valence-corrected chi connectivity index (χ0v) is 11.9. The Morgan fingerprint density at radius 3 is 2.70 bits per heavy atom. The summed E-state index contributed by atoms with van der Waals surface area (Å²) < 4.78 is 5.20. The van der Waals surface area contributed by atoms with Gasteiger partial charge in [-0.3, -0.25) is 4.79 Å². The molecule has 0 amide bonds. The average molecular weight is 295 g/mol. The van der Waals surface area contributed by atoms with Crippen LogP contribution in [0.1, 0.15) is 25.3 Å². The van der Waals surface area contributed by atoms with Crippen LogP contribution in [0.15, 0.2) is 29.1 Å². The Labute approximate surface area is 121 Å². The van der Waals surface area contributed by atoms with Gasteiger partial charge in [-0.05, 0) is 12.5 Å². The molecule has 2 N–H and O–H groups in total. The van der Waals surface area contributed by atoms with Crippen molar-refractivity contribution in [2.24, 2.45) is 0 Å². The quantitative estimate of drug-likeness (QED) is 0.909. The van der Waals surface area contributed by atoms with E-state index in [1.54, 1.807) is 24.3 Å². The number of aromatic nitrogens is 2. The van der Waals surface area contributed by atoms with Gasteiger partial charge in [0.15, 0.2) is 0 Å². The van der Waals surface area contributed by atoms with Crippen molar-refractivity contribution in [3.8, 4) is 17.0 Å². The van der Waals surface area contributed by atoms with Gasteiger partial charge >= 0.3 is 0 Å². The molecule has 1 aromatic heterocycles. The van der Waals surface area contributed by atoms with Crippen molar-refractivity contribution < 1.29 is 9.84 Å². The maximum absolute atomic E-state index is 12.2. The highest BCUT2D eigenvalue weighted by atomic mass is 35.5. The minimum Gasteiger partial charge on any atom is -0.493 e. The second-order valence-electron chi connectivity index (χ2n) is 4.26. The van der Waals surface area contributed by atoms with Gasteiger partial charge in [-0.2, -0.15) is 4.98 Å². The summed E-state index contributed by atoms with van der Waals surface area (Å²) in [4.78, 5) is 18.8. The molecule has 0 bridgehead atoms. The largest absolute Gasteiger partial charge is 0.493 e. The number of rotatable bonds is 4. The third kappa shape index (κ3) is 2.69. The SMILES string of the molecule is CCC(OC)c1nc(O)c(-c2ccccc2Cl)c(=O)[nH]1. The predicted octanol–water partition coefficient (Wildman–Crippen LogP) is 2.89. The molecule has 0 radical (unpaired) electrons. The highest BCUT2D eigenvalue weighted by molar-refractivity contribution is 6.33. The molecule has 1 heterocycles. The number of hydrogen-bond donors (Lipinski definition) is 2. The number of ether oxygens (including phenoxy) is 1. The van der Waals surface area contributed by atoms with Crippen molar-refractivity contribution >= 4 is 11.6 Å². The zero-order valence-electron chi connectivity index (χ0n) is 11.2. The number of aromatic amines is 1. The van der Waals surface area contributed by atoms with Gasteiger partial charge in [0.25, 0.3) is 5.56 Å². The molecule has 2 rings (SSSR count). The van der Waals surface area contributed by atoms with Crippen LogP contribution in [-0.2, 0) is 4.74 Å². The minimum atomic E-state index is -0.448. The number of benzene rings is 1. The zero-order chi connectivity index (χ0) is 14.7. The Morgan fingerprint density at radius 2 is 2.15 bits per heavy atom. The predicted molar refractivity (Wildman–Crippen MR) is 77.0 cm³/mol. The van der Waals surface area contributed by atoms with Crippen molar-refractivity contribution in [3.05, 3.63) is 45.5 Å². The number of aromatic hydroxyl groups is 1. The topological polar surface area (TPSA) is 75.2 Å². The van der Waals surface area contributed by atoms with Crippen LogP contribution in [0.5, 0.6) is 5.88 Å². The van der Waals surface area contributed by atoms with Gasteiger partial charge in [-0.25, -0.2) is 0 Å². The monoisotopic (exact) mass is 294 g/mol. The van der Waals surface area contributed by atoms with Gasteiger partial charge < -0.3 is 14.8 Å². The number of nitrogens with zero attached hydrogens (tertiary/aromatic N) is 1. The Balaban J connectivity index is 2.58. The van der Waals surface area contributed by atoms with Gasteiger partial charge in [-0.15, -0.1) is 0 Å². The van der Waals surface area contributed by atoms with Crippen LogP contribution in [-0.4, -0.2) is 22.2 Å². The van der Waals surface area contributed by atoms with Crippen molar-refractivity contribution in [2.45, 2.75) is 19.4 Å². The third-order valence-electron chi connectivity index (χ3n) is 3.02. The molecule has 1 unspecified atom stereocenters. The summed E-state index contributed by atoms with van der Waals surface area (Å²) in [6.07, 6.45) is 0.263. The van der Waals surface area contributed by atoms with Gasteiger partial charge in [-0.1, -0.05) is 36.7 Å². The van der Waals surface area contributed by atoms with E-state index in [9.17, 15) is 9.90 Å². The first-order valence-electron chi connectivity index (χ1n) is 6.19. The van der Waals surface area contributed by atoms with E-state index in [4.69, 9.17) is 16.3 Å². The molecular weight excluding hydrogens is 280 g/mol. The second kappa shape index (κ2) is 6.07. The summed E-state index contributed by atoms with van der Waals surface area (Å²) in [5, 5.41) is 10.4. The number of hydrogen-bond acceptors (Lipinski definition) is 4. The van der Waals surface area contributed by atoms with Gasteiger partial charge in [0.2, 0.25) is 5.88 Å². The third-order valence-corrected chi connectivity index (χ3v) is 3.35. The smallest absolute Gasteiger partial charge is 0.262 e. The molecule has 0 saturated carbocycles. The molecule has 2 aromatic rings. The minimum absolute atomic E-state index is 0.0605. The van der Waals surface area contributed by atoms with E-state index in [1.807, 2.05) is 6.92 Å². The molecule has 0 aliphatic carbocycles. The first-order valence-corrected chi connectivity index (χ1v) is 6.57. The molecule has 0 fully saturated rings. The van der Waals surface area contributed by atoms with Crippen molar-refractivity contribution in [1.29, 1.82) is 0 Å². The molecule has 20 heavy (non-hydrogen) atoms. The first-order chi connectivity index (χ1) is 9.58. The fraction of sp³-hybridized carbons (Fsp3) is 0.286. The van der Waals surface area contributed by atoms with E-state index < -0.39 is 5.56 Å². The Morgan fingerprint density at radius 1 is 1.45 bits per heavy atom. The molecule has 6 heteroatoms. The van der Waals surface area contributed by atoms with Crippen LogP contribution in [0, 0.1) is 0 Å². The highest BCUT2D eigenvalue weighted by Crippen LogP contribution is 2.30. The van der Waals surface area contributed by atoms with Crippen LogP contribution in [0.4, 0.5) is 0 Å². The molecule has 0 aliphatic rings. The fourth-order valence-electron chi connectivity index (χ4n) is 2.01. The normalized spacial score (nSPS) is 12.3. The molecule has 106 valence electrons. The summed E-state index contributed by atoms with van der Waals surface area (Å²) >= 11 is 6.04. The second-order valence-corrected chi connectivity index (χ2v) is 4.67. The standard InChI is InChI=1S/C14H15ClN2O3/c1-3-10(20-2)12-16-13(18)11(14(19)17-12)8-6-4-5-7-9(8)15/h4-7,10H,3H2,1-2H3,(H2,16,17,18,19). The molecule has 0 saturated heterocycles. The molecule has 5 nitrogen and oxygen atoms in total. The van der Waals surface area contributed by atoms with E-state index in [1.165, 1.54) is 7.11 Å². The summed E-state index contributed by atoms with van der Waals surface area (Å²) in [5.74, 6) is -0.0550. The fourth-order valence-corrected chi connectivity index (χ4v) is 2.24. The Bertz CT molecular complexity index is 666. The number of halogens is 1. The maximum Gasteiger partial charge on any atom is 0.262 e. The summed E-state index contributed by atoms with van der Waals surface area (Å²) in [6, 6.07) is 6.78. The lowest BCUT2D eigenvalue weighted by Gasteiger charge is -2.13. The van der Waals surface area contributed by atoms with E-state index in [2.05, 4.69) is 9.97 Å². The van der Waals surface area contributed by atoms with Gasteiger partial charge in [0.05, 0.1) is 0 Å². The van der Waals surface area contributed by atoms with Crippen molar-refractivity contribution in [1.82, 2.24) is 9.97 Å². The number of H-pyrrole nitrogens is 1. The lowest BCUT2D eigenvalue weighted by atomic mass is 10.1. The summed E-state index contributed by atoms with van der Waals surface area (Å²) in [6.45, 7) is 1.90. The van der Waals surface area contributed by atoms with Crippen LogP contribution in [0.2, 0.25) is 5.02 Å². The van der Waals surface area contributed by atoms with Crippen molar-refractivity contribution in [3.63, 3.8) is 0 Å². The Hall–Kier alpha value is -1.85. The lowest BCUT2D eigenvalue weighted by Crippen LogP contribution is -2.17. The highest BCUT2D eigenvalue weighted by Gasteiger charge is 2.18. The molecular formula is C14H15ClN2O3. The summed E-state index contributed by atoms with van der Waals surface area (Å²) in [7, 11) is 1.52. The Kier molecular flexibility index (Phi) is 4.42. The van der Waals surface area contributed by atoms with Gasteiger partial charge in [0.1, 0.15) is 17.5 Å². The molecule has 0 spiro atoms. The van der Waals surface area contributed by atoms with Crippen LogP contribution in [0.3, 0.4) is 0 Å². The summed E-state index contributed by atoms with van der Waals surface area (Å²) in [5.41, 5.74) is 0.0545. The van der Waals surface area contributed by atoms with Crippen LogP contribution < -0.4 is 5.56 Å². The van der Waals surface area contributed by atoms with E-state index in [0.717, 1.165) is 0 Å². The lowest BCUT2D eigenvalue weighted by molar-refractivity contribution is 0.0918. The van der Waals surface area contributed by atoms with Crippen LogP contribution >= 0.6 is 11.6 Å². The average Bonchev–Trinajstić information content (AvgIpc) is 2.41. The van der Waals surface area contributed by atoms with E-state index in [-0.39, 0.29) is 17.5 Å². The van der Waals surface area contributed by atoms with E-state index >= 15 is 0 Å². The first kappa shape index (κ1) is 14.6. The van der Waals surface area contributed by atoms with Crippen molar-refractivity contribution in [2.75, 3.05) is 7.11 Å². The molecule has 1 aromatic carbocycles. The maximum atomic E-state index is 12.2.